The van der Waals surface area contributed by atoms with E-state index >= 15 is 0 Å². The summed E-state index contributed by atoms with van der Waals surface area (Å²) in [4.78, 5) is 37.8. The van der Waals surface area contributed by atoms with Crippen LogP contribution >= 0.6 is 0 Å². The fourth-order valence-electron chi connectivity index (χ4n) is 6.37. The summed E-state index contributed by atoms with van der Waals surface area (Å²) >= 11 is 0. The molecule has 0 N–H and O–H groups in total. The van der Waals surface area contributed by atoms with Crippen molar-refractivity contribution in [3.8, 4) is 0 Å². The molecule has 1 unspecified atom stereocenters. The van der Waals surface area contributed by atoms with Crippen molar-refractivity contribution < 1.29 is 28.6 Å². The van der Waals surface area contributed by atoms with Gasteiger partial charge in [-0.2, -0.15) is 0 Å². The van der Waals surface area contributed by atoms with Crippen LogP contribution in [0.15, 0.2) is 85.1 Å². The Kier molecular flexibility index (Phi) is 44.5. The first kappa shape index (κ1) is 55.6. The molecule has 0 aliphatic heterocycles. The van der Waals surface area contributed by atoms with Crippen LogP contribution in [0, 0.1) is 0 Å². The highest BCUT2D eigenvalue weighted by Gasteiger charge is 2.19. The molecule has 0 fully saturated rings. The first-order chi connectivity index (χ1) is 29.0. The minimum absolute atomic E-state index is 0.0998. The van der Waals surface area contributed by atoms with Gasteiger partial charge in [-0.05, 0) is 89.9 Å². The molecule has 6 nitrogen and oxygen atoms in total. The monoisotopic (exact) mass is 821 g/mol. The average molecular weight is 821 g/mol. The van der Waals surface area contributed by atoms with E-state index in [2.05, 4.69) is 81.5 Å². The van der Waals surface area contributed by atoms with Crippen LogP contribution in [0.3, 0.4) is 0 Å². The quantitative estimate of drug-likeness (QED) is 0.0201. The smallest absolute Gasteiger partial charge is 0.306 e. The van der Waals surface area contributed by atoms with E-state index in [-0.39, 0.29) is 31.1 Å². The van der Waals surface area contributed by atoms with Gasteiger partial charge in [-0.25, -0.2) is 0 Å². The Balaban J connectivity index is 4.41. The van der Waals surface area contributed by atoms with Gasteiger partial charge in [0.25, 0.3) is 0 Å². The molecule has 0 spiro atoms. The highest BCUT2D eigenvalue weighted by molar-refractivity contribution is 5.71. The molecule has 0 aliphatic carbocycles. The number of esters is 3. The molecule has 0 heterocycles. The van der Waals surface area contributed by atoms with E-state index in [1.807, 2.05) is 24.3 Å². The van der Waals surface area contributed by atoms with Crippen molar-refractivity contribution in [1.82, 2.24) is 0 Å². The zero-order chi connectivity index (χ0) is 43.0. The second kappa shape index (κ2) is 47.3. The van der Waals surface area contributed by atoms with Gasteiger partial charge in [0.1, 0.15) is 13.2 Å². The largest absolute Gasteiger partial charge is 0.462 e. The van der Waals surface area contributed by atoms with Crippen molar-refractivity contribution in [2.24, 2.45) is 0 Å². The third-order valence-electron chi connectivity index (χ3n) is 9.96. The van der Waals surface area contributed by atoms with Gasteiger partial charge in [-0.1, -0.05) is 189 Å². The molecule has 0 saturated carbocycles. The Morgan fingerprint density at radius 1 is 0.373 bits per heavy atom. The molecule has 0 aromatic rings. The Morgan fingerprint density at radius 3 is 1.27 bits per heavy atom. The van der Waals surface area contributed by atoms with E-state index < -0.39 is 6.10 Å². The lowest BCUT2D eigenvalue weighted by atomic mass is 10.1. The predicted molar refractivity (Wildman–Crippen MR) is 251 cm³/mol. The van der Waals surface area contributed by atoms with Crippen molar-refractivity contribution in [2.75, 3.05) is 13.2 Å². The number of unbranched alkanes of at least 4 members (excludes halogenated alkanes) is 20. The predicted octanol–water partition coefficient (Wildman–Crippen LogP) is 15.6. The number of allylic oxidation sites excluding steroid dienone is 14. The van der Waals surface area contributed by atoms with E-state index in [0.29, 0.717) is 19.3 Å². The molecule has 0 radical (unpaired) electrons. The topological polar surface area (TPSA) is 78.9 Å². The molecular weight excluding hydrogens is 733 g/mol. The zero-order valence-corrected chi connectivity index (χ0v) is 38.2. The molecular formula is C53H88O6. The number of hydrogen-bond acceptors (Lipinski definition) is 6. The average Bonchev–Trinajstić information content (AvgIpc) is 3.23. The summed E-state index contributed by atoms with van der Waals surface area (Å²) in [6.07, 6.45) is 60.1. The zero-order valence-electron chi connectivity index (χ0n) is 38.2. The van der Waals surface area contributed by atoms with Crippen LogP contribution in [-0.4, -0.2) is 37.2 Å². The Labute approximate surface area is 363 Å². The van der Waals surface area contributed by atoms with Crippen LogP contribution in [0.1, 0.15) is 213 Å². The van der Waals surface area contributed by atoms with E-state index in [4.69, 9.17) is 14.2 Å². The second-order valence-electron chi connectivity index (χ2n) is 15.7. The lowest BCUT2D eigenvalue weighted by Gasteiger charge is -2.18. The molecule has 59 heavy (non-hydrogen) atoms. The number of hydrogen-bond donors (Lipinski definition) is 0. The van der Waals surface area contributed by atoms with Gasteiger partial charge in [0.05, 0.1) is 0 Å². The normalized spacial score (nSPS) is 12.8. The number of ether oxygens (including phenoxy) is 3. The number of rotatable bonds is 42. The van der Waals surface area contributed by atoms with Gasteiger partial charge in [-0.3, -0.25) is 14.4 Å². The summed E-state index contributed by atoms with van der Waals surface area (Å²) in [5.41, 5.74) is 0. The third kappa shape index (κ3) is 45.5. The van der Waals surface area contributed by atoms with Crippen molar-refractivity contribution in [2.45, 2.75) is 219 Å². The van der Waals surface area contributed by atoms with E-state index in [1.165, 1.54) is 77.0 Å². The minimum atomic E-state index is -0.802. The van der Waals surface area contributed by atoms with Crippen LogP contribution < -0.4 is 0 Å². The maximum atomic E-state index is 12.7. The van der Waals surface area contributed by atoms with Gasteiger partial charge in [0.15, 0.2) is 6.10 Å². The lowest BCUT2D eigenvalue weighted by molar-refractivity contribution is -0.167. The van der Waals surface area contributed by atoms with Crippen LogP contribution in [0.2, 0.25) is 0 Å². The minimum Gasteiger partial charge on any atom is -0.462 e. The second-order valence-corrected chi connectivity index (χ2v) is 15.7. The van der Waals surface area contributed by atoms with Crippen molar-refractivity contribution in [3.05, 3.63) is 85.1 Å². The Bertz CT molecular complexity index is 1170. The van der Waals surface area contributed by atoms with Gasteiger partial charge < -0.3 is 14.2 Å². The summed E-state index contributed by atoms with van der Waals surface area (Å²) in [5.74, 6) is -0.971. The number of carbonyl (C=O) groups is 3. The van der Waals surface area contributed by atoms with Crippen LogP contribution in [0.4, 0.5) is 0 Å². The summed E-state index contributed by atoms with van der Waals surface area (Å²) in [5, 5.41) is 0. The van der Waals surface area contributed by atoms with Gasteiger partial charge in [0.2, 0.25) is 0 Å². The van der Waals surface area contributed by atoms with Gasteiger partial charge >= 0.3 is 17.9 Å². The van der Waals surface area contributed by atoms with Crippen molar-refractivity contribution in [3.63, 3.8) is 0 Å². The Morgan fingerprint density at radius 2 is 0.746 bits per heavy atom. The molecule has 0 aromatic carbocycles. The lowest BCUT2D eigenvalue weighted by Crippen LogP contribution is -2.30. The Hall–Kier alpha value is -3.41. The summed E-state index contributed by atoms with van der Waals surface area (Å²) in [6, 6.07) is 0. The molecule has 0 rings (SSSR count). The highest BCUT2D eigenvalue weighted by Crippen LogP contribution is 2.13. The standard InChI is InChI=1S/C53H88O6/c1-4-7-10-13-16-19-21-23-25-26-28-29-31-34-37-40-43-46-52(55)58-49-50(48-57-51(54)45-42-39-36-33-18-15-12-9-6-3)59-53(56)47-44-41-38-35-32-30-27-24-22-20-17-14-11-8-5-2/h8-9,11-12,14,17-18,20,22-25,27,33,50H,4-7,10,13,15-16,19,21,26,28-32,34-49H2,1-3H3/b11-8-,12-9-,17-14-,22-20-,25-23-,27-24-,33-18-. The molecule has 0 amide bonds. The molecule has 0 saturated heterocycles. The fourth-order valence-corrected chi connectivity index (χ4v) is 6.37. The van der Waals surface area contributed by atoms with Crippen LogP contribution in [0.25, 0.3) is 0 Å². The summed E-state index contributed by atoms with van der Waals surface area (Å²) < 4.78 is 16.7. The first-order valence-electron chi connectivity index (χ1n) is 24.1. The fraction of sp³-hybridized carbons (Fsp3) is 0.679. The molecule has 0 aromatic heterocycles. The van der Waals surface area contributed by atoms with E-state index in [9.17, 15) is 14.4 Å². The third-order valence-corrected chi connectivity index (χ3v) is 9.96. The first-order valence-corrected chi connectivity index (χ1v) is 24.1. The molecule has 6 heteroatoms. The maximum Gasteiger partial charge on any atom is 0.306 e. The van der Waals surface area contributed by atoms with Gasteiger partial charge in [-0.15, -0.1) is 0 Å². The molecule has 336 valence electrons. The van der Waals surface area contributed by atoms with Crippen LogP contribution in [0.5, 0.6) is 0 Å². The van der Waals surface area contributed by atoms with Gasteiger partial charge in [0, 0.05) is 19.3 Å². The van der Waals surface area contributed by atoms with Crippen molar-refractivity contribution >= 4 is 17.9 Å². The van der Waals surface area contributed by atoms with Crippen LogP contribution in [-0.2, 0) is 28.6 Å². The highest BCUT2D eigenvalue weighted by atomic mass is 16.6. The van der Waals surface area contributed by atoms with Crippen molar-refractivity contribution in [1.29, 1.82) is 0 Å². The van der Waals surface area contributed by atoms with E-state index in [0.717, 1.165) is 96.3 Å². The maximum absolute atomic E-state index is 12.7. The molecule has 0 bridgehead atoms. The number of carbonyl (C=O) groups excluding carboxylic acids is 3. The SMILES string of the molecule is CC\C=C/C=C\C=C/C=C\CCCCCCCC(=O)OC(COC(=O)CCCC/C=C\C/C=C\CC)COC(=O)CCCCCCCCC/C=C\CCCCCCCC. The summed E-state index contributed by atoms with van der Waals surface area (Å²) in [6.45, 7) is 6.30. The summed E-state index contributed by atoms with van der Waals surface area (Å²) in [7, 11) is 0. The molecule has 0 aliphatic rings. The molecule has 1 atom stereocenters. The van der Waals surface area contributed by atoms with E-state index in [1.54, 1.807) is 0 Å².